The summed E-state index contributed by atoms with van der Waals surface area (Å²) < 4.78 is 10.9. The van der Waals surface area contributed by atoms with Crippen LogP contribution in [-0.2, 0) is 9.31 Å². The van der Waals surface area contributed by atoms with Gasteiger partial charge in [-0.15, -0.1) is 0 Å². The van der Waals surface area contributed by atoms with E-state index < -0.39 is 0 Å². The minimum absolute atomic E-state index is 0.223. The molecule has 2 nitrogen and oxygen atoms in total. The molecular formula is C7H14BO2. The van der Waals surface area contributed by atoms with Gasteiger partial charge in [0.25, 0.3) is 0 Å². The first-order valence-electron chi connectivity index (χ1n) is 3.54. The normalized spacial score (nSPS) is 29.1. The Morgan fingerprint density at radius 3 is 1.40 bits per heavy atom. The fourth-order valence-electron chi connectivity index (χ4n) is 0.965. The quantitative estimate of drug-likeness (QED) is 0.475. The summed E-state index contributed by atoms with van der Waals surface area (Å²) in [4.78, 5) is 0. The third-order valence-electron chi connectivity index (χ3n) is 2.30. The molecule has 1 rings (SSSR count). The Morgan fingerprint density at radius 1 is 1.00 bits per heavy atom. The highest BCUT2D eigenvalue weighted by atomic mass is 16.7. The van der Waals surface area contributed by atoms with E-state index in [2.05, 4.69) is 6.82 Å². The SMILES string of the molecule is [CH2]B1OC(C)(C)C(C)(C)O1. The maximum absolute atomic E-state index is 5.43. The van der Waals surface area contributed by atoms with Crippen LogP contribution in [0, 0.1) is 6.82 Å². The van der Waals surface area contributed by atoms with Gasteiger partial charge in [0, 0.05) is 0 Å². The zero-order valence-corrected chi connectivity index (χ0v) is 7.10. The summed E-state index contributed by atoms with van der Waals surface area (Å²) in [7, 11) is -0.315. The summed E-state index contributed by atoms with van der Waals surface area (Å²) in [5.74, 6) is 0. The molecule has 0 saturated carbocycles. The van der Waals surface area contributed by atoms with Crippen molar-refractivity contribution in [3.8, 4) is 0 Å². The summed E-state index contributed by atoms with van der Waals surface area (Å²) in [6, 6.07) is 0. The van der Waals surface area contributed by atoms with Crippen LogP contribution in [0.5, 0.6) is 0 Å². The van der Waals surface area contributed by atoms with Gasteiger partial charge >= 0.3 is 7.12 Å². The molecule has 1 aliphatic heterocycles. The van der Waals surface area contributed by atoms with Gasteiger partial charge in [-0.2, -0.15) is 0 Å². The van der Waals surface area contributed by atoms with Crippen molar-refractivity contribution >= 4 is 7.12 Å². The second-order valence-corrected chi connectivity index (χ2v) is 3.69. The van der Waals surface area contributed by atoms with E-state index in [0.29, 0.717) is 0 Å². The fraction of sp³-hybridized carbons (Fsp3) is 0.857. The number of rotatable bonds is 0. The van der Waals surface area contributed by atoms with Crippen LogP contribution in [0.2, 0.25) is 0 Å². The maximum Gasteiger partial charge on any atom is 0.457 e. The lowest BCUT2D eigenvalue weighted by Crippen LogP contribution is -2.41. The third kappa shape index (κ3) is 1.08. The van der Waals surface area contributed by atoms with Crippen LogP contribution in [0.15, 0.2) is 0 Å². The lowest BCUT2D eigenvalue weighted by atomic mass is 9.90. The Hall–Kier alpha value is -0.0151. The molecule has 1 radical (unpaired) electrons. The van der Waals surface area contributed by atoms with E-state index in [1.807, 2.05) is 27.7 Å². The average Bonchev–Trinajstić information content (AvgIpc) is 1.73. The first-order chi connectivity index (χ1) is 4.35. The van der Waals surface area contributed by atoms with E-state index in [0.717, 1.165) is 0 Å². The Labute approximate surface area is 63.0 Å². The lowest BCUT2D eigenvalue weighted by Gasteiger charge is -2.32. The Morgan fingerprint density at radius 2 is 1.30 bits per heavy atom. The summed E-state index contributed by atoms with van der Waals surface area (Å²) in [5.41, 5.74) is -0.446. The summed E-state index contributed by atoms with van der Waals surface area (Å²) in [6.45, 7) is 11.7. The molecule has 1 fully saturated rings. The van der Waals surface area contributed by atoms with Crippen LogP contribution in [0.4, 0.5) is 0 Å². The largest absolute Gasteiger partial charge is 0.457 e. The van der Waals surface area contributed by atoms with Gasteiger partial charge < -0.3 is 9.31 Å². The highest BCUT2D eigenvalue weighted by Gasteiger charge is 2.48. The van der Waals surface area contributed by atoms with Crippen LogP contribution in [-0.4, -0.2) is 18.3 Å². The van der Waals surface area contributed by atoms with Crippen LogP contribution in [0.3, 0.4) is 0 Å². The molecule has 1 heterocycles. The highest BCUT2D eigenvalue weighted by molar-refractivity contribution is 6.47. The molecule has 0 N–H and O–H groups in total. The van der Waals surface area contributed by atoms with Gasteiger partial charge in [0.1, 0.15) is 0 Å². The van der Waals surface area contributed by atoms with Crippen molar-refractivity contribution in [2.75, 3.05) is 0 Å². The lowest BCUT2D eigenvalue weighted by molar-refractivity contribution is 0.00578. The minimum Gasteiger partial charge on any atom is -0.403 e. The predicted molar refractivity (Wildman–Crippen MR) is 41.4 cm³/mol. The zero-order valence-electron chi connectivity index (χ0n) is 7.10. The van der Waals surface area contributed by atoms with Gasteiger partial charge in [-0.25, -0.2) is 0 Å². The Bertz CT molecular complexity index is 127. The maximum atomic E-state index is 5.43. The van der Waals surface area contributed by atoms with Crippen molar-refractivity contribution in [3.05, 3.63) is 6.82 Å². The molecule has 0 unspecified atom stereocenters. The Kier molecular flexibility index (Phi) is 1.61. The molecule has 3 heteroatoms. The molecule has 0 aromatic heterocycles. The monoisotopic (exact) mass is 141 g/mol. The standard InChI is InChI=1S/C7H14BO2/c1-6(2)7(3,4)10-8(5)9-6/h5H2,1-4H3. The van der Waals surface area contributed by atoms with Crippen LogP contribution >= 0.6 is 0 Å². The third-order valence-corrected chi connectivity index (χ3v) is 2.30. The molecule has 0 amide bonds. The van der Waals surface area contributed by atoms with Gasteiger partial charge in [-0.05, 0) is 34.5 Å². The van der Waals surface area contributed by atoms with Gasteiger partial charge in [0.2, 0.25) is 0 Å². The zero-order chi connectivity index (χ0) is 7.99. The van der Waals surface area contributed by atoms with Gasteiger partial charge in [-0.3, -0.25) is 0 Å². The minimum atomic E-state index is -0.315. The van der Waals surface area contributed by atoms with Gasteiger partial charge in [-0.1, -0.05) is 0 Å². The predicted octanol–water partition coefficient (Wildman–Crippen LogP) is 1.45. The number of hydrogen-bond donors (Lipinski definition) is 0. The van der Waals surface area contributed by atoms with E-state index >= 15 is 0 Å². The molecular weight excluding hydrogens is 127 g/mol. The summed E-state index contributed by atoms with van der Waals surface area (Å²) in [5, 5.41) is 0. The highest BCUT2D eigenvalue weighted by Crippen LogP contribution is 2.35. The van der Waals surface area contributed by atoms with E-state index in [-0.39, 0.29) is 18.3 Å². The first kappa shape index (κ1) is 8.09. The van der Waals surface area contributed by atoms with Crippen LogP contribution in [0.1, 0.15) is 27.7 Å². The van der Waals surface area contributed by atoms with E-state index in [9.17, 15) is 0 Å². The molecule has 0 aromatic rings. The summed E-state index contributed by atoms with van der Waals surface area (Å²) in [6.07, 6.45) is 0. The van der Waals surface area contributed by atoms with Crippen LogP contribution < -0.4 is 0 Å². The van der Waals surface area contributed by atoms with Crippen LogP contribution in [0.25, 0.3) is 0 Å². The van der Waals surface area contributed by atoms with E-state index in [4.69, 9.17) is 9.31 Å². The Balaban J connectivity index is 2.78. The smallest absolute Gasteiger partial charge is 0.403 e. The first-order valence-corrected chi connectivity index (χ1v) is 3.54. The molecule has 57 valence electrons. The molecule has 1 aliphatic rings. The van der Waals surface area contributed by atoms with Crippen molar-refractivity contribution in [1.82, 2.24) is 0 Å². The second-order valence-electron chi connectivity index (χ2n) is 3.69. The van der Waals surface area contributed by atoms with E-state index in [1.54, 1.807) is 0 Å². The van der Waals surface area contributed by atoms with Crippen molar-refractivity contribution in [1.29, 1.82) is 0 Å². The molecule has 10 heavy (non-hydrogen) atoms. The molecule has 0 bridgehead atoms. The van der Waals surface area contributed by atoms with Crippen molar-refractivity contribution in [3.63, 3.8) is 0 Å². The van der Waals surface area contributed by atoms with Gasteiger partial charge in [0.05, 0.1) is 11.2 Å². The molecule has 0 aromatic carbocycles. The van der Waals surface area contributed by atoms with E-state index in [1.165, 1.54) is 0 Å². The van der Waals surface area contributed by atoms with Crippen molar-refractivity contribution < 1.29 is 9.31 Å². The average molecular weight is 141 g/mol. The summed E-state index contributed by atoms with van der Waals surface area (Å²) >= 11 is 0. The molecule has 1 saturated heterocycles. The molecule has 0 spiro atoms. The molecule has 0 aliphatic carbocycles. The van der Waals surface area contributed by atoms with Crippen molar-refractivity contribution in [2.24, 2.45) is 0 Å². The topological polar surface area (TPSA) is 18.5 Å². The van der Waals surface area contributed by atoms with Gasteiger partial charge in [0.15, 0.2) is 0 Å². The number of hydrogen-bond acceptors (Lipinski definition) is 2. The molecule has 0 atom stereocenters. The van der Waals surface area contributed by atoms with Crippen molar-refractivity contribution in [2.45, 2.75) is 38.9 Å². The second kappa shape index (κ2) is 1.99. The fourth-order valence-corrected chi connectivity index (χ4v) is 0.965.